The first-order valence-electron chi connectivity index (χ1n) is 11.8. The van der Waals surface area contributed by atoms with Crippen LogP contribution in [0, 0.1) is 0 Å². The average Bonchev–Trinajstić information content (AvgIpc) is 3.34. The molecule has 1 atom stereocenters. The fourth-order valence-electron chi connectivity index (χ4n) is 4.20. The van der Waals surface area contributed by atoms with Crippen LogP contribution in [0.15, 0.2) is 78.2 Å². The summed E-state index contributed by atoms with van der Waals surface area (Å²) in [7, 11) is 5.53. The maximum Gasteiger partial charge on any atom is 0.213 e. The highest BCUT2D eigenvalue weighted by Gasteiger charge is 2.19. The Bertz CT molecular complexity index is 1510. The summed E-state index contributed by atoms with van der Waals surface area (Å²) in [4.78, 5) is 19.3. The van der Waals surface area contributed by atoms with Crippen molar-refractivity contribution < 1.29 is 14.1 Å². The van der Waals surface area contributed by atoms with Crippen LogP contribution in [0.4, 0.5) is 0 Å². The summed E-state index contributed by atoms with van der Waals surface area (Å²) in [6.45, 7) is 1.60. The minimum Gasteiger partial charge on any atom is -0.591 e. The van der Waals surface area contributed by atoms with E-state index >= 15 is 0 Å². The van der Waals surface area contributed by atoms with Gasteiger partial charge >= 0.3 is 0 Å². The number of ether oxygens (including phenoxy) is 1. The highest BCUT2D eigenvalue weighted by molar-refractivity contribution is 7.89. The Morgan fingerprint density at radius 1 is 0.946 bits per heavy atom. The van der Waals surface area contributed by atoms with E-state index in [0.717, 1.165) is 51.6 Å². The first-order chi connectivity index (χ1) is 18.0. The third-order valence-corrected chi connectivity index (χ3v) is 7.03. The lowest BCUT2D eigenvalue weighted by Gasteiger charge is -2.13. The van der Waals surface area contributed by atoms with Crippen LogP contribution in [0.5, 0.6) is 5.88 Å². The van der Waals surface area contributed by atoms with E-state index in [2.05, 4.69) is 19.9 Å². The Kier molecular flexibility index (Phi) is 7.63. The van der Waals surface area contributed by atoms with Crippen LogP contribution >= 0.6 is 0 Å². The van der Waals surface area contributed by atoms with Gasteiger partial charge in [-0.05, 0) is 60.6 Å². The van der Waals surface area contributed by atoms with Crippen molar-refractivity contribution in [2.24, 2.45) is 0 Å². The van der Waals surface area contributed by atoms with E-state index in [0.29, 0.717) is 17.4 Å². The molecule has 5 aromatic rings. The van der Waals surface area contributed by atoms with Crippen molar-refractivity contribution in [3.8, 4) is 28.1 Å². The van der Waals surface area contributed by atoms with Crippen LogP contribution in [0.25, 0.3) is 38.7 Å². The maximum atomic E-state index is 12.6. The number of nitrogens with one attached hydrogen (secondary N) is 1. The van der Waals surface area contributed by atoms with Crippen LogP contribution in [0.3, 0.4) is 0 Å². The first-order valence-corrected chi connectivity index (χ1v) is 13.0. The second-order valence-corrected chi connectivity index (χ2v) is 9.92. The molecule has 0 amide bonds. The number of hydrogen-bond donors (Lipinski definition) is 1. The summed E-state index contributed by atoms with van der Waals surface area (Å²) < 4.78 is 20.1. The first kappa shape index (κ1) is 25.1. The SMILES string of the molecule is CON[S+]([O-])c1ccc(-c2cnn3cc(-c4ccc(OCCCN(C)C)nc4)cnc23)c2ccccc12. The number of pyridine rings is 1. The standard InChI is InChI=1S/C27H28N6O3S/c1-32(2)13-6-14-36-26-12-9-19(15-28-26)20-16-29-27-24(17-30-33(27)18-20)22-10-11-25(37(34)31-35-3)23-8-5-4-7-21(22)23/h4-5,7-12,15-18,31H,6,13-14H2,1-3H3. The molecule has 0 saturated carbocycles. The van der Waals surface area contributed by atoms with Gasteiger partial charge in [-0.3, -0.25) is 4.84 Å². The minimum absolute atomic E-state index is 0.606. The van der Waals surface area contributed by atoms with E-state index < -0.39 is 11.4 Å². The van der Waals surface area contributed by atoms with Gasteiger partial charge < -0.3 is 14.2 Å². The summed E-state index contributed by atoms with van der Waals surface area (Å²) in [5.74, 6) is 0.606. The maximum absolute atomic E-state index is 12.6. The van der Waals surface area contributed by atoms with Crippen molar-refractivity contribution in [3.63, 3.8) is 0 Å². The molecule has 10 heteroatoms. The third-order valence-electron chi connectivity index (χ3n) is 5.96. The predicted octanol–water partition coefficient (Wildman–Crippen LogP) is 4.12. The van der Waals surface area contributed by atoms with Crippen LogP contribution in [0.1, 0.15) is 6.42 Å². The molecule has 0 aliphatic carbocycles. The summed E-state index contributed by atoms with van der Waals surface area (Å²) in [5.41, 5.74) is 4.40. The van der Waals surface area contributed by atoms with Crippen molar-refractivity contribution in [3.05, 3.63) is 73.3 Å². The fraction of sp³-hybridized carbons (Fsp3) is 0.222. The molecule has 3 aromatic heterocycles. The average molecular weight is 517 g/mol. The number of hydrogen-bond acceptors (Lipinski definition) is 8. The van der Waals surface area contributed by atoms with Crippen molar-refractivity contribution in [1.29, 1.82) is 0 Å². The Balaban J connectivity index is 1.42. The van der Waals surface area contributed by atoms with Gasteiger partial charge in [0, 0.05) is 53.3 Å². The topological polar surface area (TPSA) is 99.9 Å². The Morgan fingerprint density at radius 2 is 1.76 bits per heavy atom. The molecule has 0 saturated heterocycles. The Labute approximate surface area is 218 Å². The quantitative estimate of drug-likeness (QED) is 0.168. The zero-order valence-corrected chi connectivity index (χ0v) is 21.7. The summed E-state index contributed by atoms with van der Waals surface area (Å²) in [6.07, 6.45) is 8.30. The Morgan fingerprint density at radius 3 is 2.51 bits per heavy atom. The molecule has 3 heterocycles. The molecule has 1 unspecified atom stereocenters. The minimum atomic E-state index is -1.50. The molecule has 0 radical (unpaired) electrons. The van der Waals surface area contributed by atoms with E-state index in [1.54, 1.807) is 16.9 Å². The molecule has 9 nitrogen and oxygen atoms in total. The van der Waals surface area contributed by atoms with Crippen LogP contribution in [-0.2, 0) is 16.2 Å². The number of benzene rings is 2. The zero-order chi connectivity index (χ0) is 25.8. The van der Waals surface area contributed by atoms with Gasteiger partial charge in [-0.25, -0.2) is 14.5 Å². The molecule has 0 aliphatic rings. The summed E-state index contributed by atoms with van der Waals surface area (Å²) in [5, 5.41) is 6.39. The van der Waals surface area contributed by atoms with Crippen molar-refractivity contribution in [2.45, 2.75) is 11.3 Å². The molecule has 2 aromatic carbocycles. The lowest BCUT2D eigenvalue weighted by molar-refractivity contribution is 0.153. The fourth-order valence-corrected chi connectivity index (χ4v) is 5.01. The van der Waals surface area contributed by atoms with Gasteiger partial charge in [0.2, 0.25) is 5.88 Å². The number of aromatic nitrogens is 4. The van der Waals surface area contributed by atoms with E-state index in [9.17, 15) is 4.55 Å². The number of fused-ring (bicyclic) bond motifs is 2. The van der Waals surface area contributed by atoms with Gasteiger partial charge in [-0.2, -0.15) is 5.10 Å². The second kappa shape index (κ2) is 11.2. The molecule has 5 rings (SSSR count). The molecule has 0 aliphatic heterocycles. The molecule has 0 fully saturated rings. The molecular formula is C27H28N6O3S. The lowest BCUT2D eigenvalue weighted by Crippen LogP contribution is -2.22. The van der Waals surface area contributed by atoms with Gasteiger partial charge in [-0.15, -0.1) is 0 Å². The van der Waals surface area contributed by atoms with Gasteiger partial charge in [0.1, 0.15) is 11.4 Å². The Hall–Kier alpha value is -3.54. The summed E-state index contributed by atoms with van der Waals surface area (Å²) in [6, 6.07) is 15.5. The summed E-state index contributed by atoms with van der Waals surface area (Å²) >= 11 is -1.50. The van der Waals surface area contributed by atoms with Crippen LogP contribution in [-0.4, -0.2) is 63.4 Å². The van der Waals surface area contributed by atoms with Crippen molar-refractivity contribution in [2.75, 3.05) is 34.4 Å². The van der Waals surface area contributed by atoms with Crippen molar-refractivity contribution in [1.82, 2.24) is 29.4 Å². The van der Waals surface area contributed by atoms with Crippen molar-refractivity contribution >= 4 is 27.8 Å². The third kappa shape index (κ3) is 5.43. The lowest BCUT2D eigenvalue weighted by atomic mass is 10.00. The molecule has 37 heavy (non-hydrogen) atoms. The molecule has 190 valence electrons. The molecule has 0 spiro atoms. The van der Waals surface area contributed by atoms with E-state index in [-0.39, 0.29) is 0 Å². The highest BCUT2D eigenvalue weighted by atomic mass is 32.2. The number of rotatable bonds is 10. The van der Waals surface area contributed by atoms with Gasteiger partial charge in [0.05, 0.1) is 19.9 Å². The second-order valence-electron chi connectivity index (χ2n) is 8.77. The molecule has 1 N–H and O–H groups in total. The zero-order valence-electron chi connectivity index (χ0n) is 20.9. The predicted molar refractivity (Wildman–Crippen MR) is 144 cm³/mol. The van der Waals surface area contributed by atoms with Gasteiger partial charge in [-0.1, -0.05) is 18.2 Å². The highest BCUT2D eigenvalue weighted by Crippen LogP contribution is 2.34. The smallest absolute Gasteiger partial charge is 0.213 e. The van der Waals surface area contributed by atoms with E-state index in [4.69, 9.17) is 14.6 Å². The van der Waals surface area contributed by atoms with E-state index in [1.165, 1.54) is 7.11 Å². The van der Waals surface area contributed by atoms with Crippen LogP contribution < -0.4 is 9.62 Å². The number of nitrogens with zero attached hydrogens (tertiary/aromatic N) is 5. The largest absolute Gasteiger partial charge is 0.591 e. The van der Waals surface area contributed by atoms with Crippen LogP contribution in [0.2, 0.25) is 0 Å². The molecular weight excluding hydrogens is 488 g/mol. The van der Waals surface area contributed by atoms with Gasteiger partial charge in [0.15, 0.2) is 10.5 Å². The van der Waals surface area contributed by atoms with Gasteiger partial charge in [0.25, 0.3) is 0 Å². The normalized spacial score (nSPS) is 12.5. The van der Waals surface area contributed by atoms with E-state index in [1.807, 2.05) is 75.0 Å². The molecule has 0 bridgehead atoms. The monoisotopic (exact) mass is 516 g/mol.